The van der Waals surface area contributed by atoms with Crippen LogP contribution in [0.3, 0.4) is 0 Å². The molecule has 2 bridgehead atoms. The first-order chi connectivity index (χ1) is 22.0. The van der Waals surface area contributed by atoms with Gasteiger partial charge < -0.3 is 19.5 Å². The maximum atomic E-state index is 13.4. The molecule has 6 rings (SSSR count). The van der Waals surface area contributed by atoms with Crippen LogP contribution in [0, 0.1) is 11.8 Å². The van der Waals surface area contributed by atoms with Crippen molar-refractivity contribution in [2.24, 2.45) is 11.8 Å². The number of sulfonamides is 1. The molecule has 2 aliphatic carbocycles. The SMILES string of the molecule is CC[C@@H]1CC/C=C\[C@H](O[C@H](C)C(=O)O)[C@@H]2CC[C@H]2CN2C[C@@]3(CCCc4cc(Cl)ccc43)COc3ccc(cc32)C(=O)NS1(=O)=O. The molecule has 1 fully saturated rings. The Balaban J connectivity index is 1.42. The smallest absolute Gasteiger partial charge is 0.332 e. The first kappa shape index (κ1) is 32.8. The van der Waals surface area contributed by atoms with Crippen LogP contribution in [0.5, 0.6) is 5.75 Å². The van der Waals surface area contributed by atoms with Crippen molar-refractivity contribution in [3.63, 3.8) is 0 Å². The third kappa shape index (κ3) is 6.53. The Bertz CT molecular complexity index is 1630. The molecule has 9 nitrogen and oxygen atoms in total. The molecule has 2 N–H and O–H groups in total. The topological polar surface area (TPSA) is 122 Å². The Morgan fingerprint density at radius 3 is 2.78 bits per heavy atom. The molecule has 2 aromatic rings. The number of benzene rings is 2. The van der Waals surface area contributed by atoms with Crippen molar-refractivity contribution < 1.29 is 32.6 Å². The van der Waals surface area contributed by atoms with Gasteiger partial charge in [0.05, 0.1) is 23.6 Å². The Kier molecular flexibility index (Phi) is 9.43. The molecule has 0 unspecified atom stereocenters. The lowest BCUT2D eigenvalue weighted by molar-refractivity contribution is -0.155. The maximum absolute atomic E-state index is 13.4. The van der Waals surface area contributed by atoms with Gasteiger partial charge in [-0.05, 0) is 112 Å². The van der Waals surface area contributed by atoms with Crippen LogP contribution < -0.4 is 14.4 Å². The van der Waals surface area contributed by atoms with E-state index < -0.39 is 39.4 Å². The number of aliphatic carboxylic acids is 1. The molecule has 11 heteroatoms. The number of carboxylic acid groups (broad SMARTS) is 1. The summed E-state index contributed by atoms with van der Waals surface area (Å²) in [7, 11) is -3.95. The number of aryl methyl sites for hydroxylation is 1. The lowest BCUT2D eigenvalue weighted by atomic mass is 9.68. The van der Waals surface area contributed by atoms with Crippen molar-refractivity contribution in [2.45, 2.75) is 88.1 Å². The second-order valence-corrected chi connectivity index (χ2v) is 15.8. The van der Waals surface area contributed by atoms with Gasteiger partial charge in [-0.25, -0.2) is 17.9 Å². The molecule has 2 aromatic carbocycles. The number of fused-ring (bicyclic) bond motifs is 4. The number of nitrogens with zero attached hydrogens (tertiary/aromatic N) is 1. The number of hydrogen-bond donors (Lipinski definition) is 2. The quantitative estimate of drug-likeness (QED) is 0.387. The van der Waals surface area contributed by atoms with E-state index >= 15 is 0 Å². The van der Waals surface area contributed by atoms with E-state index in [0.29, 0.717) is 49.7 Å². The van der Waals surface area contributed by atoms with Gasteiger partial charge in [0.15, 0.2) is 6.10 Å². The average Bonchev–Trinajstić information content (AvgIpc) is 3.15. The van der Waals surface area contributed by atoms with Gasteiger partial charge in [-0.3, -0.25) is 4.79 Å². The summed E-state index contributed by atoms with van der Waals surface area (Å²) < 4.78 is 41.7. The highest BCUT2D eigenvalue weighted by Gasteiger charge is 2.45. The van der Waals surface area contributed by atoms with E-state index in [9.17, 15) is 23.1 Å². The third-order valence-electron chi connectivity index (χ3n) is 10.5. The van der Waals surface area contributed by atoms with Crippen LogP contribution in [0.25, 0.3) is 0 Å². The number of hydrogen-bond acceptors (Lipinski definition) is 7. The van der Waals surface area contributed by atoms with Gasteiger partial charge in [-0.15, -0.1) is 0 Å². The number of allylic oxidation sites excluding steroid dienone is 1. The van der Waals surface area contributed by atoms with Crippen molar-refractivity contribution >= 4 is 39.2 Å². The first-order valence-electron chi connectivity index (χ1n) is 16.4. The van der Waals surface area contributed by atoms with E-state index in [1.807, 2.05) is 18.2 Å². The van der Waals surface area contributed by atoms with Gasteiger partial charge in [0, 0.05) is 29.1 Å². The highest BCUT2D eigenvalue weighted by molar-refractivity contribution is 7.90. The fraction of sp³-hybridized carbons (Fsp3) is 0.543. The molecule has 4 aliphatic rings. The monoisotopic (exact) mass is 670 g/mol. The summed E-state index contributed by atoms with van der Waals surface area (Å²) in [6.07, 6.45) is 8.26. The number of ether oxygens (including phenoxy) is 2. The molecule has 1 saturated carbocycles. The van der Waals surface area contributed by atoms with E-state index in [0.717, 1.165) is 37.8 Å². The fourth-order valence-electron chi connectivity index (χ4n) is 7.74. The van der Waals surface area contributed by atoms with E-state index in [2.05, 4.69) is 21.8 Å². The maximum Gasteiger partial charge on any atom is 0.332 e. The van der Waals surface area contributed by atoms with Gasteiger partial charge >= 0.3 is 5.97 Å². The highest BCUT2D eigenvalue weighted by Crippen LogP contribution is 2.47. The summed E-state index contributed by atoms with van der Waals surface area (Å²) in [6, 6.07) is 11.3. The van der Waals surface area contributed by atoms with E-state index in [1.54, 1.807) is 32.0 Å². The predicted molar refractivity (Wildman–Crippen MR) is 177 cm³/mol. The van der Waals surface area contributed by atoms with Gasteiger partial charge in [0.25, 0.3) is 5.91 Å². The van der Waals surface area contributed by atoms with Crippen LogP contribution in [0.15, 0.2) is 48.6 Å². The zero-order valence-corrected chi connectivity index (χ0v) is 28.0. The van der Waals surface area contributed by atoms with Gasteiger partial charge in [0.1, 0.15) is 5.75 Å². The van der Waals surface area contributed by atoms with Crippen LogP contribution in [-0.4, -0.2) is 62.6 Å². The molecule has 2 heterocycles. The zero-order chi connectivity index (χ0) is 32.6. The number of amides is 1. The number of rotatable bonds is 4. The molecule has 6 atom stereocenters. The third-order valence-corrected chi connectivity index (χ3v) is 12.6. The van der Waals surface area contributed by atoms with E-state index in [-0.39, 0.29) is 22.8 Å². The highest BCUT2D eigenvalue weighted by atomic mass is 35.5. The minimum absolute atomic E-state index is 0.0872. The van der Waals surface area contributed by atoms with Crippen molar-refractivity contribution in [2.75, 3.05) is 24.6 Å². The van der Waals surface area contributed by atoms with Crippen molar-refractivity contribution in [1.82, 2.24) is 4.72 Å². The number of anilines is 1. The summed E-state index contributed by atoms with van der Waals surface area (Å²) in [5, 5.41) is 9.60. The lowest BCUT2D eigenvalue weighted by Crippen LogP contribution is -2.50. The Morgan fingerprint density at radius 2 is 2.04 bits per heavy atom. The molecule has 248 valence electrons. The van der Waals surface area contributed by atoms with Gasteiger partial charge in [-0.1, -0.05) is 36.7 Å². The number of halogens is 1. The molecule has 0 radical (unpaired) electrons. The Morgan fingerprint density at radius 1 is 1.22 bits per heavy atom. The molecular formula is C35H43ClN2O7S. The largest absolute Gasteiger partial charge is 0.490 e. The summed E-state index contributed by atoms with van der Waals surface area (Å²) in [5.74, 6) is -0.732. The van der Waals surface area contributed by atoms with Crippen molar-refractivity contribution in [1.29, 1.82) is 0 Å². The van der Waals surface area contributed by atoms with Gasteiger partial charge in [-0.2, -0.15) is 0 Å². The molecule has 0 saturated heterocycles. The molecule has 46 heavy (non-hydrogen) atoms. The zero-order valence-electron chi connectivity index (χ0n) is 26.4. The lowest BCUT2D eigenvalue weighted by Gasteiger charge is -2.46. The number of carbonyl (C=O) groups excluding carboxylic acids is 1. The van der Waals surface area contributed by atoms with Crippen LogP contribution in [0.4, 0.5) is 5.69 Å². The first-order valence-corrected chi connectivity index (χ1v) is 18.3. The van der Waals surface area contributed by atoms with Crippen LogP contribution in [0.2, 0.25) is 5.02 Å². The molecule has 0 aromatic heterocycles. The summed E-state index contributed by atoms with van der Waals surface area (Å²) in [4.78, 5) is 27.5. The fourth-order valence-corrected chi connectivity index (χ4v) is 9.36. The van der Waals surface area contributed by atoms with E-state index in [1.165, 1.54) is 11.1 Å². The van der Waals surface area contributed by atoms with Crippen molar-refractivity contribution in [3.8, 4) is 5.75 Å². The Labute approximate surface area is 276 Å². The predicted octanol–water partition coefficient (Wildman–Crippen LogP) is 5.89. The minimum atomic E-state index is -3.95. The number of carboxylic acids is 1. The average molecular weight is 671 g/mol. The normalized spacial score (nSPS) is 30.4. The van der Waals surface area contributed by atoms with Gasteiger partial charge in [0.2, 0.25) is 10.0 Å². The molecule has 2 aliphatic heterocycles. The minimum Gasteiger partial charge on any atom is -0.490 e. The van der Waals surface area contributed by atoms with Crippen LogP contribution in [0.1, 0.15) is 80.3 Å². The molecular weight excluding hydrogens is 628 g/mol. The molecule has 1 spiro atoms. The standard InChI is InChI=1S/C35H43ClN2O7S/c1-3-27-8-4-5-9-31(45-22(2)34(40)41)28-13-10-25(28)19-38-20-35(16-6-7-23-17-26(36)12-14-29(23)35)21-44-32-15-11-24(18-30(32)38)33(39)37-46(27,42)43/h5,9,11-12,14-15,17-18,22,25,27-28,31H,3-4,6-8,10,13,16,19-21H2,1-2H3,(H,37,39)(H,40,41)/b9-5-/t22-,25+,27-,28-,31+,35+/m1/s1. The second kappa shape index (κ2) is 13.2. The second-order valence-electron chi connectivity index (χ2n) is 13.4. The summed E-state index contributed by atoms with van der Waals surface area (Å²) >= 11 is 6.41. The van der Waals surface area contributed by atoms with Crippen LogP contribution >= 0.6 is 11.6 Å². The van der Waals surface area contributed by atoms with E-state index in [4.69, 9.17) is 21.1 Å². The van der Waals surface area contributed by atoms with Crippen LogP contribution in [-0.2, 0) is 31.4 Å². The summed E-state index contributed by atoms with van der Waals surface area (Å²) in [5.41, 5.74) is 3.14. The Hall–Kier alpha value is -3.08. The summed E-state index contributed by atoms with van der Waals surface area (Å²) in [6.45, 7) is 5.10. The van der Waals surface area contributed by atoms with Crippen molar-refractivity contribution in [3.05, 3.63) is 70.3 Å². The number of nitrogens with one attached hydrogen (secondary N) is 1. The molecule has 1 amide bonds. The number of carbonyl (C=O) groups is 2.